The van der Waals surface area contributed by atoms with Crippen LogP contribution in [0.4, 0.5) is 0 Å². The third-order valence-electron chi connectivity index (χ3n) is 3.46. The van der Waals surface area contributed by atoms with E-state index >= 15 is 0 Å². The Morgan fingerprint density at radius 2 is 1.82 bits per heavy atom. The van der Waals surface area contributed by atoms with Gasteiger partial charge >= 0.3 is 0 Å². The number of aliphatic hydroxyl groups excluding tert-OH is 1. The SMILES string of the molecule is CCCn1c(CO)nnc1CC(C)C(C)(C)C. The predicted molar refractivity (Wildman–Crippen MR) is 68.6 cm³/mol. The largest absolute Gasteiger partial charge is 0.388 e. The summed E-state index contributed by atoms with van der Waals surface area (Å²) in [6.07, 6.45) is 1.94. The first-order valence-corrected chi connectivity index (χ1v) is 6.42. The summed E-state index contributed by atoms with van der Waals surface area (Å²) in [7, 11) is 0. The first-order valence-electron chi connectivity index (χ1n) is 6.42. The molecule has 0 fully saturated rings. The highest BCUT2D eigenvalue weighted by Crippen LogP contribution is 2.28. The molecule has 0 saturated carbocycles. The lowest BCUT2D eigenvalue weighted by molar-refractivity contribution is 0.250. The molecule has 0 aliphatic carbocycles. The Kier molecular flexibility index (Phi) is 4.69. The fraction of sp³-hybridized carbons (Fsp3) is 0.846. The summed E-state index contributed by atoms with van der Waals surface area (Å²) in [6, 6.07) is 0. The van der Waals surface area contributed by atoms with Gasteiger partial charge in [0.1, 0.15) is 12.4 Å². The topological polar surface area (TPSA) is 50.9 Å². The summed E-state index contributed by atoms with van der Waals surface area (Å²) in [5.41, 5.74) is 0.266. The lowest BCUT2D eigenvalue weighted by atomic mass is 9.80. The van der Waals surface area contributed by atoms with E-state index < -0.39 is 0 Å². The smallest absolute Gasteiger partial charge is 0.158 e. The fourth-order valence-corrected chi connectivity index (χ4v) is 1.70. The lowest BCUT2D eigenvalue weighted by Gasteiger charge is -2.27. The van der Waals surface area contributed by atoms with Crippen LogP contribution in [-0.2, 0) is 19.6 Å². The van der Waals surface area contributed by atoms with Gasteiger partial charge in [0.05, 0.1) is 0 Å². The average Bonchev–Trinajstić information content (AvgIpc) is 2.60. The van der Waals surface area contributed by atoms with Crippen LogP contribution < -0.4 is 0 Å². The maximum atomic E-state index is 9.23. The van der Waals surface area contributed by atoms with Crippen molar-refractivity contribution in [1.82, 2.24) is 14.8 Å². The standard InChI is InChI=1S/C13H25N3O/c1-6-7-16-11(14-15-12(16)9-17)8-10(2)13(3,4)5/h10,17H,6-9H2,1-5H3. The number of aliphatic hydroxyl groups is 1. The van der Waals surface area contributed by atoms with E-state index in [1.165, 1.54) is 0 Å². The molecule has 1 heterocycles. The molecule has 4 nitrogen and oxygen atoms in total. The molecule has 0 bridgehead atoms. The van der Waals surface area contributed by atoms with Crippen molar-refractivity contribution in [1.29, 1.82) is 0 Å². The van der Waals surface area contributed by atoms with Crippen LogP contribution in [0.25, 0.3) is 0 Å². The molecule has 0 aliphatic heterocycles. The Hall–Kier alpha value is -0.900. The first-order chi connectivity index (χ1) is 7.90. The van der Waals surface area contributed by atoms with Gasteiger partial charge in [-0.1, -0.05) is 34.6 Å². The summed E-state index contributed by atoms with van der Waals surface area (Å²) in [5, 5.41) is 17.5. The van der Waals surface area contributed by atoms with E-state index in [2.05, 4.69) is 49.4 Å². The number of aromatic nitrogens is 3. The molecule has 4 heteroatoms. The van der Waals surface area contributed by atoms with Crippen LogP contribution in [0, 0.1) is 11.3 Å². The van der Waals surface area contributed by atoms with Gasteiger partial charge in [0.2, 0.25) is 0 Å². The second kappa shape index (κ2) is 5.63. The molecule has 17 heavy (non-hydrogen) atoms. The fourth-order valence-electron chi connectivity index (χ4n) is 1.70. The van der Waals surface area contributed by atoms with Crippen molar-refractivity contribution < 1.29 is 5.11 Å². The van der Waals surface area contributed by atoms with E-state index in [0.29, 0.717) is 11.7 Å². The molecular weight excluding hydrogens is 214 g/mol. The van der Waals surface area contributed by atoms with Gasteiger partial charge in [-0.15, -0.1) is 10.2 Å². The molecule has 0 radical (unpaired) electrons. The molecule has 0 aliphatic rings. The highest BCUT2D eigenvalue weighted by molar-refractivity contribution is 4.97. The molecule has 98 valence electrons. The quantitative estimate of drug-likeness (QED) is 0.858. The second-order valence-corrected chi connectivity index (χ2v) is 5.81. The van der Waals surface area contributed by atoms with Crippen molar-refractivity contribution >= 4 is 0 Å². The van der Waals surface area contributed by atoms with Gasteiger partial charge in [-0.25, -0.2) is 0 Å². The van der Waals surface area contributed by atoms with Crippen molar-refractivity contribution in [2.75, 3.05) is 0 Å². The Morgan fingerprint density at radius 1 is 1.24 bits per heavy atom. The Morgan fingerprint density at radius 3 is 2.29 bits per heavy atom. The molecule has 1 aromatic rings. The average molecular weight is 239 g/mol. The van der Waals surface area contributed by atoms with Gasteiger partial charge in [0.25, 0.3) is 0 Å². The third kappa shape index (κ3) is 3.53. The van der Waals surface area contributed by atoms with Crippen molar-refractivity contribution in [2.45, 2.75) is 60.6 Å². The van der Waals surface area contributed by atoms with E-state index in [1.54, 1.807) is 0 Å². The summed E-state index contributed by atoms with van der Waals surface area (Å²) in [5.74, 6) is 2.22. The predicted octanol–water partition coefficient (Wildman–Crippen LogP) is 2.41. The first kappa shape index (κ1) is 14.2. The van der Waals surface area contributed by atoms with Crippen LogP contribution in [0.2, 0.25) is 0 Å². The van der Waals surface area contributed by atoms with Gasteiger partial charge in [-0.3, -0.25) is 0 Å². The number of hydrogen-bond acceptors (Lipinski definition) is 3. The lowest BCUT2D eigenvalue weighted by Crippen LogP contribution is -2.21. The van der Waals surface area contributed by atoms with Crippen LogP contribution in [-0.4, -0.2) is 19.9 Å². The van der Waals surface area contributed by atoms with Crippen molar-refractivity contribution in [3.05, 3.63) is 11.6 Å². The van der Waals surface area contributed by atoms with E-state index in [-0.39, 0.29) is 12.0 Å². The van der Waals surface area contributed by atoms with E-state index in [9.17, 15) is 5.11 Å². The molecule has 1 aromatic heterocycles. The molecule has 1 unspecified atom stereocenters. The summed E-state index contributed by atoms with van der Waals surface area (Å²) < 4.78 is 2.06. The van der Waals surface area contributed by atoms with Gasteiger partial charge in [-0.2, -0.15) is 0 Å². The van der Waals surface area contributed by atoms with Crippen molar-refractivity contribution in [2.24, 2.45) is 11.3 Å². The zero-order chi connectivity index (χ0) is 13.1. The van der Waals surface area contributed by atoms with Crippen LogP contribution in [0.15, 0.2) is 0 Å². The minimum atomic E-state index is -0.0309. The number of hydrogen-bond donors (Lipinski definition) is 1. The van der Waals surface area contributed by atoms with E-state index in [0.717, 1.165) is 25.2 Å². The van der Waals surface area contributed by atoms with E-state index in [4.69, 9.17) is 0 Å². The summed E-state index contributed by atoms with van der Waals surface area (Å²) in [4.78, 5) is 0. The maximum Gasteiger partial charge on any atom is 0.158 e. The summed E-state index contributed by atoms with van der Waals surface area (Å²) >= 11 is 0. The van der Waals surface area contributed by atoms with Crippen LogP contribution in [0.5, 0.6) is 0 Å². The molecule has 1 rings (SSSR count). The molecule has 0 spiro atoms. The molecular formula is C13H25N3O. The Labute approximate surface area is 104 Å². The van der Waals surface area contributed by atoms with E-state index in [1.807, 2.05) is 0 Å². The Bertz CT molecular complexity index is 352. The molecule has 1 atom stereocenters. The maximum absolute atomic E-state index is 9.23. The highest BCUT2D eigenvalue weighted by Gasteiger charge is 2.23. The van der Waals surface area contributed by atoms with Crippen LogP contribution in [0.3, 0.4) is 0 Å². The zero-order valence-electron chi connectivity index (χ0n) is 11.7. The molecule has 0 amide bonds. The van der Waals surface area contributed by atoms with Crippen LogP contribution >= 0.6 is 0 Å². The van der Waals surface area contributed by atoms with Crippen LogP contribution in [0.1, 0.15) is 52.7 Å². The monoisotopic (exact) mass is 239 g/mol. The molecule has 0 aromatic carbocycles. The highest BCUT2D eigenvalue weighted by atomic mass is 16.3. The second-order valence-electron chi connectivity index (χ2n) is 5.81. The van der Waals surface area contributed by atoms with Crippen molar-refractivity contribution in [3.8, 4) is 0 Å². The van der Waals surface area contributed by atoms with Gasteiger partial charge in [-0.05, 0) is 17.8 Å². The minimum absolute atomic E-state index is 0.0309. The zero-order valence-corrected chi connectivity index (χ0v) is 11.7. The Balaban J connectivity index is 2.87. The van der Waals surface area contributed by atoms with Gasteiger partial charge < -0.3 is 9.67 Å². The minimum Gasteiger partial charge on any atom is -0.388 e. The van der Waals surface area contributed by atoms with Gasteiger partial charge in [0, 0.05) is 13.0 Å². The molecule has 0 saturated heterocycles. The van der Waals surface area contributed by atoms with Gasteiger partial charge in [0.15, 0.2) is 5.82 Å². The summed E-state index contributed by atoms with van der Waals surface area (Å²) in [6.45, 7) is 11.9. The molecule has 1 N–H and O–H groups in total. The number of rotatable bonds is 5. The third-order valence-corrected chi connectivity index (χ3v) is 3.46. The normalized spacial score (nSPS) is 14.0. The van der Waals surface area contributed by atoms with Crippen molar-refractivity contribution in [3.63, 3.8) is 0 Å². The number of nitrogens with zero attached hydrogens (tertiary/aromatic N) is 3.